The van der Waals surface area contributed by atoms with E-state index in [0.717, 1.165) is 48.4 Å². The number of carbonyl (C=O) groups is 2. The third kappa shape index (κ3) is 4.28. The predicted molar refractivity (Wildman–Crippen MR) is 125 cm³/mol. The zero-order chi connectivity index (χ0) is 22.8. The molecule has 6 nitrogen and oxygen atoms in total. The molecule has 0 spiro atoms. The van der Waals surface area contributed by atoms with Gasteiger partial charge < -0.3 is 14.5 Å². The molecule has 0 aliphatic carbocycles. The third-order valence-corrected chi connectivity index (χ3v) is 6.57. The summed E-state index contributed by atoms with van der Waals surface area (Å²) >= 11 is 0. The van der Waals surface area contributed by atoms with Crippen LogP contribution in [-0.2, 0) is 16.1 Å². The SMILES string of the molecule is COc1ccc(CN2C(=O)C(c3ccc(C)cc3)=C(N(C)C3CCN(C)CC3)C2=O)cc1. The lowest BCUT2D eigenvalue weighted by atomic mass is 9.99. The van der Waals surface area contributed by atoms with Crippen LogP contribution in [-0.4, -0.2) is 66.9 Å². The summed E-state index contributed by atoms with van der Waals surface area (Å²) in [6, 6.07) is 15.6. The first-order chi connectivity index (χ1) is 15.4. The average Bonchev–Trinajstić information content (AvgIpc) is 3.05. The molecule has 2 aliphatic rings. The number of likely N-dealkylation sites (N-methyl/N-ethyl adjacent to an activating group) is 1. The summed E-state index contributed by atoms with van der Waals surface area (Å²) in [4.78, 5) is 32.9. The number of ether oxygens (including phenoxy) is 1. The van der Waals surface area contributed by atoms with E-state index in [-0.39, 0.29) is 24.4 Å². The number of hydrogen-bond donors (Lipinski definition) is 0. The Balaban J connectivity index is 1.68. The summed E-state index contributed by atoms with van der Waals surface area (Å²) in [7, 11) is 5.70. The maximum absolute atomic E-state index is 13.6. The van der Waals surface area contributed by atoms with Crippen molar-refractivity contribution in [1.29, 1.82) is 0 Å². The van der Waals surface area contributed by atoms with E-state index in [1.807, 2.05) is 62.5 Å². The fraction of sp³-hybridized carbons (Fsp3) is 0.385. The standard InChI is InChI=1S/C26H31N3O3/c1-18-5-9-20(10-6-18)23-24(28(3)21-13-15-27(2)16-14-21)26(31)29(25(23)30)17-19-7-11-22(32-4)12-8-19/h5-12,21H,13-17H2,1-4H3. The van der Waals surface area contributed by atoms with Gasteiger partial charge in [-0.3, -0.25) is 14.5 Å². The van der Waals surface area contributed by atoms with Gasteiger partial charge in [0.05, 0.1) is 19.2 Å². The van der Waals surface area contributed by atoms with Gasteiger partial charge in [-0.15, -0.1) is 0 Å². The molecule has 1 saturated heterocycles. The highest BCUT2D eigenvalue weighted by atomic mass is 16.5. The molecule has 0 unspecified atom stereocenters. The van der Waals surface area contributed by atoms with Crippen LogP contribution in [0.25, 0.3) is 5.57 Å². The van der Waals surface area contributed by atoms with Crippen LogP contribution in [0.1, 0.15) is 29.5 Å². The Morgan fingerprint density at radius 3 is 2.19 bits per heavy atom. The van der Waals surface area contributed by atoms with Crippen molar-refractivity contribution in [2.75, 3.05) is 34.3 Å². The third-order valence-electron chi connectivity index (χ3n) is 6.57. The minimum absolute atomic E-state index is 0.220. The Kier molecular flexibility index (Phi) is 6.33. The number of nitrogens with zero attached hydrogens (tertiary/aromatic N) is 3. The molecule has 0 radical (unpaired) electrons. The minimum atomic E-state index is -0.232. The number of benzene rings is 2. The first-order valence-electron chi connectivity index (χ1n) is 11.1. The average molecular weight is 434 g/mol. The Hall–Kier alpha value is -3.12. The smallest absolute Gasteiger partial charge is 0.278 e. The number of amides is 2. The van der Waals surface area contributed by atoms with Crippen molar-refractivity contribution in [2.45, 2.75) is 32.4 Å². The molecule has 4 rings (SSSR count). The van der Waals surface area contributed by atoms with Gasteiger partial charge in [0.1, 0.15) is 11.4 Å². The molecule has 0 N–H and O–H groups in total. The number of carbonyl (C=O) groups excluding carboxylic acids is 2. The summed E-state index contributed by atoms with van der Waals surface area (Å²) in [6.07, 6.45) is 1.94. The van der Waals surface area contributed by atoms with Gasteiger partial charge in [0.2, 0.25) is 0 Å². The normalized spacial score (nSPS) is 17.9. The first kappa shape index (κ1) is 22.1. The van der Waals surface area contributed by atoms with Crippen LogP contribution < -0.4 is 4.74 Å². The number of imide groups is 1. The number of methoxy groups -OCH3 is 1. The van der Waals surface area contributed by atoms with Gasteiger partial charge >= 0.3 is 0 Å². The Morgan fingerprint density at radius 2 is 1.59 bits per heavy atom. The highest BCUT2D eigenvalue weighted by Gasteiger charge is 2.42. The zero-order valence-electron chi connectivity index (χ0n) is 19.3. The maximum Gasteiger partial charge on any atom is 0.278 e. The van der Waals surface area contributed by atoms with E-state index in [1.54, 1.807) is 7.11 Å². The fourth-order valence-corrected chi connectivity index (χ4v) is 4.49. The lowest BCUT2D eigenvalue weighted by Gasteiger charge is -2.36. The van der Waals surface area contributed by atoms with E-state index < -0.39 is 0 Å². The molecule has 6 heteroatoms. The van der Waals surface area contributed by atoms with E-state index in [1.165, 1.54) is 4.90 Å². The van der Waals surface area contributed by atoms with Gasteiger partial charge in [-0.25, -0.2) is 0 Å². The molecule has 2 aromatic carbocycles. The number of rotatable bonds is 6. The summed E-state index contributed by atoms with van der Waals surface area (Å²) < 4.78 is 5.22. The van der Waals surface area contributed by atoms with Gasteiger partial charge in [-0.1, -0.05) is 42.0 Å². The lowest BCUT2D eigenvalue weighted by Crippen LogP contribution is -2.43. The predicted octanol–water partition coefficient (Wildman–Crippen LogP) is 3.31. The van der Waals surface area contributed by atoms with Crippen molar-refractivity contribution < 1.29 is 14.3 Å². The van der Waals surface area contributed by atoms with Crippen molar-refractivity contribution >= 4 is 17.4 Å². The molecule has 2 aromatic rings. The van der Waals surface area contributed by atoms with Crippen molar-refractivity contribution in [3.8, 4) is 5.75 Å². The number of hydrogen-bond acceptors (Lipinski definition) is 5. The summed E-state index contributed by atoms with van der Waals surface area (Å²) in [5, 5.41) is 0. The topological polar surface area (TPSA) is 53.1 Å². The van der Waals surface area contributed by atoms with E-state index in [9.17, 15) is 9.59 Å². The molecule has 0 saturated carbocycles. The van der Waals surface area contributed by atoms with Crippen LogP contribution in [0.4, 0.5) is 0 Å². The Bertz CT molecular complexity index is 1020. The van der Waals surface area contributed by atoms with Crippen molar-refractivity contribution in [3.05, 3.63) is 70.9 Å². The van der Waals surface area contributed by atoms with Gasteiger partial charge in [0, 0.05) is 13.1 Å². The lowest BCUT2D eigenvalue weighted by molar-refractivity contribution is -0.138. The molecule has 1 fully saturated rings. The van der Waals surface area contributed by atoms with Crippen molar-refractivity contribution in [3.63, 3.8) is 0 Å². The zero-order valence-corrected chi connectivity index (χ0v) is 19.3. The van der Waals surface area contributed by atoms with E-state index >= 15 is 0 Å². The number of piperidine rings is 1. The monoisotopic (exact) mass is 433 g/mol. The van der Waals surface area contributed by atoms with Crippen molar-refractivity contribution in [2.24, 2.45) is 0 Å². The van der Waals surface area contributed by atoms with Gasteiger partial charge in [-0.2, -0.15) is 0 Å². The van der Waals surface area contributed by atoms with Crippen LogP contribution >= 0.6 is 0 Å². The maximum atomic E-state index is 13.6. The highest BCUT2D eigenvalue weighted by Crippen LogP contribution is 2.34. The van der Waals surface area contributed by atoms with Crippen molar-refractivity contribution in [1.82, 2.24) is 14.7 Å². The molecule has 2 heterocycles. The van der Waals surface area contributed by atoms with E-state index in [2.05, 4.69) is 16.8 Å². The first-order valence-corrected chi connectivity index (χ1v) is 11.1. The summed E-state index contributed by atoms with van der Waals surface area (Å²) in [5.74, 6) is 0.293. The highest BCUT2D eigenvalue weighted by molar-refractivity contribution is 6.35. The molecular weight excluding hydrogens is 402 g/mol. The molecule has 32 heavy (non-hydrogen) atoms. The quantitative estimate of drug-likeness (QED) is 0.655. The fourth-order valence-electron chi connectivity index (χ4n) is 4.49. The second-order valence-corrected chi connectivity index (χ2v) is 8.78. The Morgan fingerprint density at radius 1 is 0.969 bits per heavy atom. The molecule has 0 bridgehead atoms. The van der Waals surface area contributed by atoms with E-state index in [4.69, 9.17) is 4.74 Å². The largest absolute Gasteiger partial charge is 0.497 e. The van der Waals surface area contributed by atoms with Crippen LogP contribution in [0.2, 0.25) is 0 Å². The number of likely N-dealkylation sites (tertiary alicyclic amines) is 1. The van der Waals surface area contributed by atoms with Crippen LogP contribution in [0.3, 0.4) is 0 Å². The van der Waals surface area contributed by atoms with Gasteiger partial charge in [0.15, 0.2) is 0 Å². The Labute approximate surface area is 190 Å². The molecule has 2 aliphatic heterocycles. The summed E-state index contributed by atoms with van der Waals surface area (Å²) in [6.45, 7) is 4.22. The molecule has 0 aromatic heterocycles. The second kappa shape index (κ2) is 9.17. The molecular formula is C26H31N3O3. The molecule has 168 valence electrons. The van der Waals surface area contributed by atoms with E-state index in [0.29, 0.717) is 11.3 Å². The van der Waals surface area contributed by atoms with Gasteiger partial charge in [0.25, 0.3) is 11.8 Å². The molecule has 2 amide bonds. The second-order valence-electron chi connectivity index (χ2n) is 8.78. The van der Waals surface area contributed by atoms with Crippen LogP contribution in [0, 0.1) is 6.92 Å². The van der Waals surface area contributed by atoms with Crippen LogP contribution in [0.15, 0.2) is 54.2 Å². The number of aryl methyl sites for hydroxylation is 1. The summed E-state index contributed by atoms with van der Waals surface area (Å²) in [5.41, 5.74) is 3.82. The van der Waals surface area contributed by atoms with Crippen LogP contribution in [0.5, 0.6) is 5.75 Å². The molecule has 0 atom stereocenters. The van der Waals surface area contributed by atoms with Gasteiger partial charge in [-0.05, 0) is 63.2 Å². The minimum Gasteiger partial charge on any atom is -0.497 e.